The highest BCUT2D eigenvalue weighted by molar-refractivity contribution is 9.11. The Morgan fingerprint density at radius 2 is 1.52 bits per heavy atom. The van der Waals surface area contributed by atoms with E-state index in [2.05, 4.69) is 110 Å². The van der Waals surface area contributed by atoms with Crippen LogP contribution < -0.4 is 20.9 Å². The fraction of sp³-hybridized carbons (Fsp3) is 0.303. The van der Waals surface area contributed by atoms with E-state index in [1.54, 1.807) is 6.33 Å². The van der Waals surface area contributed by atoms with Crippen LogP contribution in [0.15, 0.2) is 82.0 Å². The van der Waals surface area contributed by atoms with Gasteiger partial charge in [0.05, 0.1) is 11.6 Å². The maximum Gasteiger partial charge on any atom is 0.232 e. The second-order valence-corrected chi connectivity index (χ2v) is 13.7. The number of anilines is 4. The van der Waals surface area contributed by atoms with Crippen molar-refractivity contribution in [3.8, 4) is 0 Å². The smallest absolute Gasteiger partial charge is 0.232 e. The van der Waals surface area contributed by atoms with Crippen LogP contribution in [0.4, 0.5) is 23.7 Å². The average molecular weight is 765 g/mol. The molecule has 10 nitrogen and oxygen atoms in total. The van der Waals surface area contributed by atoms with E-state index in [4.69, 9.17) is 26.6 Å². The first kappa shape index (κ1) is 31.0. The molecule has 2 fully saturated rings. The van der Waals surface area contributed by atoms with Crippen LogP contribution in [0.25, 0.3) is 10.9 Å². The molecule has 0 radical (unpaired) electrons. The number of benzene rings is 3. The van der Waals surface area contributed by atoms with Gasteiger partial charge < -0.3 is 20.9 Å². The van der Waals surface area contributed by atoms with Crippen LogP contribution in [0.2, 0.25) is 5.02 Å². The topological polar surface area (TPSA) is 107 Å². The quantitative estimate of drug-likeness (QED) is 0.122. The molecule has 1 saturated heterocycles. The van der Waals surface area contributed by atoms with Crippen molar-refractivity contribution in [1.82, 2.24) is 29.8 Å². The molecule has 0 bridgehead atoms. The molecular formula is C33H33Br2ClN10. The zero-order valence-electron chi connectivity index (χ0n) is 25.0. The summed E-state index contributed by atoms with van der Waals surface area (Å²) in [6.45, 7) is 4.55. The zero-order chi connectivity index (χ0) is 31.5. The fourth-order valence-electron chi connectivity index (χ4n) is 5.72. The number of hydrogen-bond donors (Lipinski definition) is 3. The van der Waals surface area contributed by atoms with E-state index < -0.39 is 0 Å². The molecule has 3 heterocycles. The molecular weight excluding hydrogens is 732 g/mol. The Kier molecular flexibility index (Phi) is 9.48. The van der Waals surface area contributed by atoms with Crippen molar-refractivity contribution in [1.29, 1.82) is 0 Å². The lowest BCUT2D eigenvalue weighted by Crippen LogP contribution is -2.48. The van der Waals surface area contributed by atoms with Crippen molar-refractivity contribution in [3.05, 3.63) is 98.2 Å². The number of fused-ring (bicyclic) bond motifs is 1. The number of rotatable bonds is 11. The summed E-state index contributed by atoms with van der Waals surface area (Å²) in [6, 6.07) is 23.4. The van der Waals surface area contributed by atoms with Crippen molar-refractivity contribution in [2.24, 2.45) is 0 Å². The number of nitrogens with zero attached hydrogens (tertiary/aromatic N) is 7. The van der Waals surface area contributed by atoms with Crippen LogP contribution in [-0.2, 0) is 0 Å². The molecule has 3 aromatic carbocycles. The van der Waals surface area contributed by atoms with Gasteiger partial charge in [-0.25, -0.2) is 9.97 Å². The van der Waals surface area contributed by atoms with Gasteiger partial charge in [0.25, 0.3) is 0 Å². The van der Waals surface area contributed by atoms with Gasteiger partial charge in [-0.1, -0.05) is 70.0 Å². The predicted octanol–water partition coefficient (Wildman–Crippen LogP) is 7.00. The highest BCUT2D eigenvalue weighted by Gasteiger charge is 2.29. The van der Waals surface area contributed by atoms with E-state index in [-0.39, 0.29) is 6.04 Å². The average Bonchev–Trinajstić information content (AvgIpc) is 3.89. The Bertz CT molecular complexity index is 1800. The van der Waals surface area contributed by atoms with Crippen LogP contribution in [0.5, 0.6) is 0 Å². The molecule has 2 aliphatic rings. The molecule has 13 heteroatoms. The van der Waals surface area contributed by atoms with E-state index in [9.17, 15) is 0 Å². The van der Waals surface area contributed by atoms with Gasteiger partial charge in [0, 0.05) is 64.7 Å². The highest BCUT2D eigenvalue weighted by Crippen LogP contribution is 2.32. The Morgan fingerprint density at radius 3 is 2.28 bits per heavy atom. The van der Waals surface area contributed by atoms with E-state index in [0.717, 1.165) is 69.7 Å². The molecule has 1 unspecified atom stereocenters. The fourth-order valence-corrected chi connectivity index (χ4v) is 7.18. The highest BCUT2D eigenvalue weighted by atomic mass is 79.9. The lowest BCUT2D eigenvalue weighted by atomic mass is 9.96. The van der Waals surface area contributed by atoms with Gasteiger partial charge >= 0.3 is 0 Å². The van der Waals surface area contributed by atoms with Crippen LogP contribution >= 0.6 is 43.5 Å². The predicted molar refractivity (Wildman–Crippen MR) is 192 cm³/mol. The second-order valence-electron chi connectivity index (χ2n) is 11.4. The first-order valence-electron chi connectivity index (χ1n) is 15.4. The normalized spacial score (nSPS) is 15.9. The van der Waals surface area contributed by atoms with Gasteiger partial charge in [0.15, 0.2) is 0 Å². The van der Waals surface area contributed by atoms with E-state index in [1.165, 1.54) is 11.1 Å². The van der Waals surface area contributed by atoms with Gasteiger partial charge in [0.2, 0.25) is 17.8 Å². The molecule has 0 spiro atoms. The van der Waals surface area contributed by atoms with Crippen molar-refractivity contribution >= 4 is 78.0 Å². The number of hydrogen-bond acceptors (Lipinski definition) is 10. The minimum Gasteiger partial charge on any atom is -0.368 e. The summed E-state index contributed by atoms with van der Waals surface area (Å²) >= 11 is 13.4. The Hall–Kier alpha value is -3.58. The Morgan fingerprint density at radius 1 is 0.804 bits per heavy atom. The van der Waals surface area contributed by atoms with Gasteiger partial charge in [-0.2, -0.15) is 15.0 Å². The van der Waals surface area contributed by atoms with Crippen LogP contribution in [0.1, 0.15) is 30.0 Å². The molecule has 0 amide bonds. The van der Waals surface area contributed by atoms with Gasteiger partial charge in [-0.15, -0.1) is 0 Å². The Labute approximate surface area is 289 Å². The Balaban J connectivity index is 1.03. The third-order valence-electron chi connectivity index (χ3n) is 8.16. The molecule has 2 aromatic heterocycles. The van der Waals surface area contributed by atoms with Crippen LogP contribution in [0, 0.1) is 0 Å². The molecule has 7 rings (SSSR count). The number of nitrogens with one attached hydrogen (secondary N) is 3. The first-order valence-corrected chi connectivity index (χ1v) is 17.4. The molecule has 1 aliphatic heterocycles. The van der Waals surface area contributed by atoms with Crippen molar-refractivity contribution in [2.75, 3.05) is 60.1 Å². The van der Waals surface area contributed by atoms with Gasteiger partial charge in [0.1, 0.15) is 12.1 Å². The minimum atomic E-state index is 0.144. The van der Waals surface area contributed by atoms with Crippen LogP contribution in [0.3, 0.4) is 0 Å². The maximum absolute atomic E-state index is 6.23. The second kappa shape index (κ2) is 14.0. The SMILES string of the molecule is Clc1ccc(C(c2ccccc2)N2CCN(c3nc(NCCNc4ncnc5c(Br)cc(Br)cc45)nc(NC4CC4)n3)CC2)cc1. The van der Waals surface area contributed by atoms with Gasteiger partial charge in [-0.3, -0.25) is 4.90 Å². The maximum atomic E-state index is 6.23. The third kappa shape index (κ3) is 7.35. The van der Waals surface area contributed by atoms with Crippen molar-refractivity contribution in [3.63, 3.8) is 0 Å². The van der Waals surface area contributed by atoms with E-state index in [1.807, 2.05) is 24.3 Å². The number of halogens is 3. The lowest BCUT2D eigenvalue weighted by molar-refractivity contribution is 0.211. The van der Waals surface area contributed by atoms with E-state index >= 15 is 0 Å². The summed E-state index contributed by atoms with van der Waals surface area (Å²) in [5, 5.41) is 12.0. The first-order chi connectivity index (χ1) is 22.5. The minimum absolute atomic E-state index is 0.144. The summed E-state index contributed by atoms with van der Waals surface area (Å²) in [4.78, 5) is 28.1. The molecule has 46 heavy (non-hydrogen) atoms. The standard InChI is InChI=1S/C33H33Br2ClN10/c34-23-18-26-28(27(35)19-23)39-20-40-30(26)37-12-13-38-31-42-32(41-25-10-11-25)44-33(43-31)46-16-14-45(15-17-46)29(21-4-2-1-3-5-21)22-6-8-24(36)9-7-22/h1-9,18-20,25,29H,10-17H2,(H,37,39,40)(H2,38,41,42,43,44). The van der Waals surface area contributed by atoms with Crippen molar-refractivity contribution < 1.29 is 0 Å². The summed E-state index contributed by atoms with van der Waals surface area (Å²) in [5.74, 6) is 2.63. The lowest BCUT2D eigenvalue weighted by Gasteiger charge is -2.39. The van der Waals surface area contributed by atoms with Gasteiger partial charge in [-0.05, 0) is 64.2 Å². The van der Waals surface area contributed by atoms with Crippen LogP contribution in [-0.4, -0.2) is 75.1 Å². The molecule has 1 aliphatic carbocycles. The van der Waals surface area contributed by atoms with Crippen molar-refractivity contribution in [2.45, 2.75) is 24.9 Å². The summed E-state index contributed by atoms with van der Waals surface area (Å²) < 4.78 is 1.87. The monoisotopic (exact) mass is 762 g/mol. The molecule has 1 atom stereocenters. The zero-order valence-corrected chi connectivity index (χ0v) is 28.9. The summed E-state index contributed by atoms with van der Waals surface area (Å²) in [6.07, 6.45) is 3.84. The largest absolute Gasteiger partial charge is 0.368 e. The molecule has 5 aromatic rings. The van der Waals surface area contributed by atoms with E-state index in [0.29, 0.717) is 37.0 Å². The molecule has 236 valence electrons. The molecule has 1 saturated carbocycles. The number of aromatic nitrogens is 5. The molecule has 3 N–H and O–H groups in total. The summed E-state index contributed by atoms with van der Waals surface area (Å²) in [7, 11) is 0. The third-order valence-corrected chi connectivity index (χ3v) is 9.47. The number of piperazine rings is 1. The summed E-state index contributed by atoms with van der Waals surface area (Å²) in [5.41, 5.74) is 3.36.